The Balaban J connectivity index is 1.63. The summed E-state index contributed by atoms with van der Waals surface area (Å²) in [6.45, 7) is 4.23. The third-order valence-electron chi connectivity index (χ3n) is 4.85. The molecule has 2 aromatic rings. The van der Waals surface area contributed by atoms with E-state index in [-0.39, 0.29) is 11.6 Å². The van der Waals surface area contributed by atoms with Gasteiger partial charge in [0.15, 0.2) is 0 Å². The van der Waals surface area contributed by atoms with Gasteiger partial charge in [0.25, 0.3) is 5.69 Å². The number of nitrogens with one attached hydrogen (secondary N) is 1. The Hall–Kier alpha value is -2.86. The average molecular weight is 400 g/mol. The van der Waals surface area contributed by atoms with Crippen molar-refractivity contribution in [3.05, 3.63) is 69.2 Å². The second-order valence-electron chi connectivity index (χ2n) is 7.01. The maximum atomic E-state index is 12.2. The van der Waals surface area contributed by atoms with Crippen molar-refractivity contribution in [3.8, 4) is 0 Å². The number of rotatable bonds is 5. The molecular weight excluding hydrogens is 378 g/mol. The fourth-order valence-corrected chi connectivity index (χ4v) is 3.49. The molecule has 1 aliphatic rings. The summed E-state index contributed by atoms with van der Waals surface area (Å²) >= 11 is 6.43. The molecule has 2 aromatic carbocycles. The zero-order valence-electron chi connectivity index (χ0n) is 15.6. The summed E-state index contributed by atoms with van der Waals surface area (Å²) in [5, 5.41) is 14.2. The highest BCUT2D eigenvalue weighted by atomic mass is 35.5. The van der Waals surface area contributed by atoms with E-state index in [1.54, 1.807) is 18.2 Å². The smallest absolute Gasteiger partial charge is 0.270 e. The molecule has 1 saturated heterocycles. The van der Waals surface area contributed by atoms with E-state index in [1.165, 1.54) is 24.3 Å². The van der Waals surface area contributed by atoms with Gasteiger partial charge in [0.2, 0.25) is 5.91 Å². The number of amides is 1. The number of carbonyl (C=O) groups is 1. The number of anilines is 2. The normalized spacial score (nSPS) is 15.0. The van der Waals surface area contributed by atoms with Crippen LogP contribution in [0.5, 0.6) is 0 Å². The standard InChI is InChI=1S/C21H22ClN3O3/c1-15-9-11-24(12-10-15)20-7-6-17(14-19(20)22)23-21(26)8-5-16-3-2-4-18(13-16)25(27)28/h2-8,13-15H,9-12H2,1H3,(H,23,26)/b8-5+. The van der Waals surface area contributed by atoms with Crippen molar-refractivity contribution in [1.29, 1.82) is 0 Å². The minimum atomic E-state index is -0.468. The van der Waals surface area contributed by atoms with E-state index in [0.29, 0.717) is 16.3 Å². The van der Waals surface area contributed by atoms with Gasteiger partial charge in [0.1, 0.15) is 0 Å². The Kier molecular flexibility index (Phi) is 6.31. The van der Waals surface area contributed by atoms with Crippen molar-refractivity contribution < 1.29 is 9.72 Å². The molecule has 1 amide bonds. The molecule has 0 spiro atoms. The molecule has 0 aromatic heterocycles. The number of nitro groups is 1. The van der Waals surface area contributed by atoms with Crippen LogP contribution < -0.4 is 10.2 Å². The van der Waals surface area contributed by atoms with E-state index in [2.05, 4.69) is 17.1 Å². The van der Waals surface area contributed by atoms with Crippen molar-refractivity contribution in [3.63, 3.8) is 0 Å². The first kappa shape index (κ1) is 19.9. The molecule has 0 bridgehead atoms. The van der Waals surface area contributed by atoms with Crippen LogP contribution >= 0.6 is 11.6 Å². The molecule has 0 atom stereocenters. The van der Waals surface area contributed by atoms with Crippen LogP contribution in [0.2, 0.25) is 5.02 Å². The van der Waals surface area contributed by atoms with Gasteiger partial charge < -0.3 is 10.2 Å². The molecule has 28 heavy (non-hydrogen) atoms. The third-order valence-corrected chi connectivity index (χ3v) is 5.15. The lowest BCUT2D eigenvalue weighted by Crippen LogP contribution is -2.32. The summed E-state index contributed by atoms with van der Waals surface area (Å²) in [5.74, 6) is 0.411. The van der Waals surface area contributed by atoms with Crippen LogP contribution in [0.1, 0.15) is 25.3 Å². The number of nitro benzene ring substituents is 1. The molecule has 0 unspecified atom stereocenters. The molecule has 0 saturated carbocycles. The number of carbonyl (C=O) groups excluding carboxylic acids is 1. The summed E-state index contributed by atoms with van der Waals surface area (Å²) < 4.78 is 0. The number of hydrogen-bond donors (Lipinski definition) is 1. The van der Waals surface area contributed by atoms with Gasteiger partial charge in [0, 0.05) is 37.0 Å². The Bertz CT molecular complexity index is 906. The SMILES string of the molecule is CC1CCN(c2ccc(NC(=O)/C=C/c3cccc([N+](=O)[O-])c3)cc2Cl)CC1. The van der Waals surface area contributed by atoms with E-state index < -0.39 is 4.92 Å². The van der Waals surface area contributed by atoms with Gasteiger partial charge in [-0.3, -0.25) is 14.9 Å². The lowest BCUT2D eigenvalue weighted by molar-refractivity contribution is -0.384. The number of benzene rings is 2. The molecule has 146 valence electrons. The van der Waals surface area contributed by atoms with Crippen molar-refractivity contribution in [2.24, 2.45) is 5.92 Å². The highest BCUT2D eigenvalue weighted by molar-refractivity contribution is 6.33. The van der Waals surface area contributed by atoms with E-state index in [9.17, 15) is 14.9 Å². The first-order valence-electron chi connectivity index (χ1n) is 9.20. The van der Waals surface area contributed by atoms with Gasteiger partial charge in [-0.1, -0.05) is 30.7 Å². The maximum Gasteiger partial charge on any atom is 0.270 e. The fourth-order valence-electron chi connectivity index (χ4n) is 3.19. The second-order valence-corrected chi connectivity index (χ2v) is 7.42. The summed E-state index contributed by atoms with van der Waals surface area (Å²) in [6, 6.07) is 11.6. The fraction of sp³-hybridized carbons (Fsp3) is 0.286. The summed E-state index contributed by atoms with van der Waals surface area (Å²) in [5.41, 5.74) is 2.15. The molecular formula is C21H22ClN3O3. The van der Waals surface area contributed by atoms with Gasteiger partial charge >= 0.3 is 0 Å². The molecule has 1 aliphatic heterocycles. The number of non-ortho nitro benzene ring substituents is 1. The van der Waals surface area contributed by atoms with Gasteiger partial charge in [-0.15, -0.1) is 0 Å². The van der Waals surface area contributed by atoms with Gasteiger partial charge in [-0.25, -0.2) is 0 Å². The van der Waals surface area contributed by atoms with Gasteiger partial charge in [-0.2, -0.15) is 0 Å². The molecule has 1 fully saturated rings. The van der Waals surface area contributed by atoms with Crippen LogP contribution in [0.4, 0.5) is 17.1 Å². The van der Waals surface area contributed by atoms with Crippen molar-refractivity contribution in [2.75, 3.05) is 23.3 Å². The van der Waals surface area contributed by atoms with Crippen molar-refractivity contribution >= 4 is 40.6 Å². The van der Waals surface area contributed by atoms with E-state index >= 15 is 0 Å². The molecule has 0 aliphatic carbocycles. The molecule has 1 N–H and O–H groups in total. The largest absolute Gasteiger partial charge is 0.370 e. The van der Waals surface area contributed by atoms with Crippen molar-refractivity contribution in [1.82, 2.24) is 0 Å². The lowest BCUT2D eigenvalue weighted by atomic mass is 9.99. The highest BCUT2D eigenvalue weighted by Gasteiger charge is 2.18. The number of nitrogens with zero attached hydrogens (tertiary/aromatic N) is 2. The van der Waals surface area contributed by atoms with Gasteiger partial charge in [0.05, 0.1) is 15.6 Å². The number of hydrogen-bond acceptors (Lipinski definition) is 4. The predicted octanol–water partition coefficient (Wildman–Crippen LogP) is 5.14. The molecule has 0 radical (unpaired) electrons. The average Bonchev–Trinajstić information content (AvgIpc) is 2.68. The van der Waals surface area contributed by atoms with E-state index in [4.69, 9.17) is 11.6 Å². The monoisotopic (exact) mass is 399 g/mol. The zero-order valence-corrected chi connectivity index (χ0v) is 16.4. The van der Waals surface area contributed by atoms with Crippen LogP contribution in [-0.4, -0.2) is 23.9 Å². The maximum absolute atomic E-state index is 12.2. The van der Waals surface area contributed by atoms with E-state index in [0.717, 1.165) is 37.5 Å². The Morgan fingerprint density at radius 3 is 2.68 bits per heavy atom. The Labute approximate surface area is 169 Å². The molecule has 1 heterocycles. The zero-order chi connectivity index (χ0) is 20.1. The van der Waals surface area contributed by atoms with Gasteiger partial charge in [-0.05, 0) is 48.6 Å². The van der Waals surface area contributed by atoms with Crippen LogP contribution in [0.15, 0.2) is 48.5 Å². The first-order chi connectivity index (χ1) is 13.4. The second kappa shape index (κ2) is 8.89. The van der Waals surface area contributed by atoms with Crippen LogP contribution in [-0.2, 0) is 4.79 Å². The number of piperidine rings is 1. The van der Waals surface area contributed by atoms with Crippen LogP contribution in [0.25, 0.3) is 6.08 Å². The Morgan fingerprint density at radius 1 is 1.25 bits per heavy atom. The lowest BCUT2D eigenvalue weighted by Gasteiger charge is -2.32. The predicted molar refractivity (Wildman–Crippen MR) is 113 cm³/mol. The summed E-state index contributed by atoms with van der Waals surface area (Å²) in [6.07, 6.45) is 5.18. The molecule has 7 heteroatoms. The molecule has 6 nitrogen and oxygen atoms in total. The Morgan fingerprint density at radius 2 is 2.00 bits per heavy atom. The van der Waals surface area contributed by atoms with Crippen molar-refractivity contribution in [2.45, 2.75) is 19.8 Å². The number of halogens is 1. The minimum absolute atomic E-state index is 0.0166. The highest BCUT2D eigenvalue weighted by Crippen LogP contribution is 2.31. The topological polar surface area (TPSA) is 75.5 Å². The molecule has 3 rings (SSSR count). The minimum Gasteiger partial charge on any atom is -0.370 e. The van der Waals surface area contributed by atoms with Crippen LogP contribution in [0, 0.1) is 16.0 Å². The first-order valence-corrected chi connectivity index (χ1v) is 9.58. The summed E-state index contributed by atoms with van der Waals surface area (Å²) in [7, 11) is 0. The van der Waals surface area contributed by atoms with Crippen LogP contribution in [0.3, 0.4) is 0 Å². The summed E-state index contributed by atoms with van der Waals surface area (Å²) in [4.78, 5) is 24.8. The van der Waals surface area contributed by atoms with E-state index in [1.807, 2.05) is 12.1 Å². The third kappa shape index (κ3) is 5.10. The quantitative estimate of drug-likeness (QED) is 0.429.